The minimum absolute atomic E-state index is 0.0567. The molecule has 3 amide bonds. The van der Waals surface area contributed by atoms with Gasteiger partial charge in [-0.2, -0.15) is 0 Å². The number of para-hydroxylation sites is 1. The molecule has 1 saturated heterocycles. The van der Waals surface area contributed by atoms with Crippen molar-refractivity contribution in [3.05, 3.63) is 87.4 Å². The summed E-state index contributed by atoms with van der Waals surface area (Å²) in [6.45, 7) is 13.1. The molecule has 1 aliphatic heterocycles. The van der Waals surface area contributed by atoms with Crippen LogP contribution in [0.15, 0.2) is 60.0 Å². The lowest BCUT2D eigenvalue weighted by molar-refractivity contribution is -0.131. The molecule has 6 nitrogen and oxygen atoms in total. The number of piperazine rings is 1. The highest BCUT2D eigenvalue weighted by Crippen LogP contribution is 2.32. The number of urea groups is 1. The van der Waals surface area contributed by atoms with Gasteiger partial charge < -0.3 is 15.1 Å². The van der Waals surface area contributed by atoms with Crippen LogP contribution in [0.3, 0.4) is 0 Å². The number of anilines is 1. The van der Waals surface area contributed by atoms with E-state index in [0.29, 0.717) is 44.4 Å². The van der Waals surface area contributed by atoms with Crippen LogP contribution in [0.2, 0.25) is 0 Å². The molecule has 2 aromatic carbocycles. The SMILES string of the molecule is CC(C)c1cccc(C(C)C)c1NC(=O)N1CCN(CCN(Cc2ccc(F)cc2)C(=O)Cc2cccs2)CC1. The average molecular weight is 565 g/mol. The van der Waals surface area contributed by atoms with Gasteiger partial charge in [0.1, 0.15) is 5.82 Å². The first-order chi connectivity index (χ1) is 19.2. The summed E-state index contributed by atoms with van der Waals surface area (Å²) in [5.74, 6) is 0.405. The molecule has 0 saturated carbocycles. The number of nitrogens with zero attached hydrogens (tertiary/aromatic N) is 3. The molecule has 0 atom stereocenters. The van der Waals surface area contributed by atoms with Crippen molar-refractivity contribution >= 4 is 29.0 Å². The van der Waals surface area contributed by atoms with Gasteiger partial charge in [-0.25, -0.2) is 9.18 Å². The van der Waals surface area contributed by atoms with Crippen LogP contribution in [0.4, 0.5) is 14.9 Å². The number of carbonyl (C=O) groups excluding carboxylic acids is 2. The number of hydrogen-bond acceptors (Lipinski definition) is 4. The topological polar surface area (TPSA) is 55.9 Å². The first kappa shape index (κ1) is 29.7. The van der Waals surface area contributed by atoms with Gasteiger partial charge in [-0.15, -0.1) is 11.3 Å². The Morgan fingerprint density at radius 1 is 0.925 bits per heavy atom. The predicted molar refractivity (Wildman–Crippen MR) is 161 cm³/mol. The molecule has 0 bridgehead atoms. The molecule has 1 N–H and O–H groups in total. The van der Waals surface area contributed by atoms with Crippen LogP contribution in [-0.2, 0) is 17.8 Å². The molecule has 0 unspecified atom stereocenters. The number of benzene rings is 2. The number of amides is 3. The number of hydrogen-bond donors (Lipinski definition) is 1. The third kappa shape index (κ3) is 7.92. The molecule has 0 spiro atoms. The Morgan fingerprint density at radius 3 is 2.15 bits per heavy atom. The Hall–Kier alpha value is -3.23. The van der Waals surface area contributed by atoms with E-state index < -0.39 is 0 Å². The second-order valence-electron chi connectivity index (χ2n) is 11.1. The van der Waals surface area contributed by atoms with Crippen LogP contribution in [-0.4, -0.2) is 65.9 Å². The highest BCUT2D eigenvalue weighted by molar-refractivity contribution is 7.10. The van der Waals surface area contributed by atoms with Gasteiger partial charge in [0.25, 0.3) is 0 Å². The molecule has 3 aromatic rings. The van der Waals surface area contributed by atoms with Gasteiger partial charge in [-0.1, -0.05) is 64.1 Å². The lowest BCUT2D eigenvalue weighted by atomic mass is 9.93. The molecule has 4 rings (SSSR count). The molecular weight excluding hydrogens is 523 g/mol. The van der Waals surface area contributed by atoms with Crippen LogP contribution in [0.1, 0.15) is 61.1 Å². The van der Waals surface area contributed by atoms with Crippen molar-refractivity contribution < 1.29 is 14.0 Å². The number of carbonyl (C=O) groups is 2. The smallest absolute Gasteiger partial charge is 0.321 e. The van der Waals surface area contributed by atoms with Crippen LogP contribution >= 0.6 is 11.3 Å². The molecule has 214 valence electrons. The molecule has 40 heavy (non-hydrogen) atoms. The van der Waals surface area contributed by atoms with Gasteiger partial charge in [0.05, 0.1) is 6.42 Å². The quantitative estimate of drug-likeness (QED) is 0.304. The molecule has 8 heteroatoms. The van der Waals surface area contributed by atoms with Crippen LogP contribution < -0.4 is 5.32 Å². The highest BCUT2D eigenvalue weighted by atomic mass is 32.1. The zero-order valence-corrected chi connectivity index (χ0v) is 24.8. The Bertz CT molecular complexity index is 1230. The first-order valence-corrected chi connectivity index (χ1v) is 15.0. The van der Waals surface area contributed by atoms with Gasteiger partial charge in [-0.05, 0) is 52.1 Å². The minimum Gasteiger partial charge on any atom is -0.337 e. The Labute approximate surface area is 241 Å². The second kappa shape index (κ2) is 13.9. The fourth-order valence-corrected chi connectivity index (χ4v) is 5.79. The Balaban J connectivity index is 1.34. The second-order valence-corrected chi connectivity index (χ2v) is 12.1. The van der Waals surface area contributed by atoms with Crippen molar-refractivity contribution in [2.45, 2.75) is 52.5 Å². The predicted octanol–water partition coefficient (Wildman–Crippen LogP) is 6.56. The molecule has 2 heterocycles. The van der Waals surface area contributed by atoms with Crippen LogP contribution in [0.5, 0.6) is 0 Å². The Morgan fingerprint density at radius 2 is 1.57 bits per heavy atom. The highest BCUT2D eigenvalue weighted by Gasteiger charge is 2.24. The zero-order valence-electron chi connectivity index (χ0n) is 24.0. The summed E-state index contributed by atoms with van der Waals surface area (Å²) in [6, 6.07) is 16.5. The van der Waals surface area contributed by atoms with Crippen molar-refractivity contribution in [2.24, 2.45) is 0 Å². The Kier molecular flexibility index (Phi) is 10.3. The average Bonchev–Trinajstić information content (AvgIpc) is 3.45. The molecule has 0 aliphatic carbocycles. The number of rotatable bonds is 10. The van der Waals surface area contributed by atoms with Crippen LogP contribution in [0, 0.1) is 5.82 Å². The van der Waals surface area contributed by atoms with E-state index in [1.165, 1.54) is 12.1 Å². The van der Waals surface area contributed by atoms with E-state index in [-0.39, 0.29) is 17.8 Å². The van der Waals surface area contributed by atoms with Crippen molar-refractivity contribution in [3.63, 3.8) is 0 Å². The fourth-order valence-electron chi connectivity index (χ4n) is 5.09. The maximum Gasteiger partial charge on any atom is 0.321 e. The normalized spacial score (nSPS) is 14.1. The lowest BCUT2D eigenvalue weighted by Gasteiger charge is -2.36. The van der Waals surface area contributed by atoms with Crippen molar-refractivity contribution in [3.8, 4) is 0 Å². The first-order valence-electron chi connectivity index (χ1n) is 14.2. The van der Waals surface area contributed by atoms with E-state index in [4.69, 9.17) is 0 Å². The van der Waals surface area contributed by atoms with E-state index in [9.17, 15) is 14.0 Å². The summed E-state index contributed by atoms with van der Waals surface area (Å²) in [6.07, 6.45) is 0.364. The van der Waals surface area contributed by atoms with Gasteiger partial charge >= 0.3 is 6.03 Å². The molecule has 0 radical (unpaired) electrons. The van der Waals surface area contributed by atoms with E-state index in [2.05, 4.69) is 56.1 Å². The van der Waals surface area contributed by atoms with Gasteiger partial charge in [0, 0.05) is 56.4 Å². The van der Waals surface area contributed by atoms with Crippen molar-refractivity contribution in [1.29, 1.82) is 0 Å². The van der Waals surface area contributed by atoms with E-state index in [1.54, 1.807) is 23.5 Å². The van der Waals surface area contributed by atoms with Crippen molar-refractivity contribution in [2.75, 3.05) is 44.6 Å². The van der Waals surface area contributed by atoms with E-state index in [1.807, 2.05) is 27.3 Å². The zero-order chi connectivity index (χ0) is 28.6. The minimum atomic E-state index is -0.282. The number of thiophene rings is 1. The van der Waals surface area contributed by atoms with Crippen molar-refractivity contribution in [1.82, 2.24) is 14.7 Å². The molecular formula is C32H41FN4O2S. The van der Waals surface area contributed by atoms with Gasteiger partial charge in [-0.3, -0.25) is 9.69 Å². The maximum absolute atomic E-state index is 13.4. The lowest BCUT2D eigenvalue weighted by Crippen LogP contribution is -2.51. The largest absolute Gasteiger partial charge is 0.337 e. The monoisotopic (exact) mass is 564 g/mol. The summed E-state index contributed by atoms with van der Waals surface area (Å²) < 4.78 is 13.4. The summed E-state index contributed by atoms with van der Waals surface area (Å²) in [7, 11) is 0. The summed E-state index contributed by atoms with van der Waals surface area (Å²) in [4.78, 5) is 33.6. The van der Waals surface area contributed by atoms with Gasteiger partial charge in [0.15, 0.2) is 0 Å². The maximum atomic E-state index is 13.4. The molecule has 1 aromatic heterocycles. The fraction of sp³-hybridized carbons (Fsp3) is 0.438. The number of halogens is 1. The van der Waals surface area contributed by atoms with Crippen LogP contribution in [0.25, 0.3) is 0 Å². The third-order valence-electron chi connectivity index (χ3n) is 7.50. The standard InChI is InChI=1S/C32H41FN4O2S/c1-23(2)28-8-5-9-29(24(3)4)31(28)34-32(39)36-17-14-35(15-18-36)16-19-37(22-25-10-12-26(33)13-11-25)30(38)21-27-7-6-20-40-27/h5-13,20,23-24H,14-19,21-22H2,1-4H3,(H,34,39). The van der Waals surface area contributed by atoms with E-state index in [0.717, 1.165) is 46.9 Å². The summed E-state index contributed by atoms with van der Waals surface area (Å²) in [5.41, 5.74) is 4.17. The summed E-state index contributed by atoms with van der Waals surface area (Å²) >= 11 is 1.58. The van der Waals surface area contributed by atoms with E-state index >= 15 is 0 Å². The number of nitrogens with one attached hydrogen (secondary N) is 1. The molecule has 1 fully saturated rings. The molecule has 1 aliphatic rings. The third-order valence-corrected chi connectivity index (χ3v) is 8.37. The van der Waals surface area contributed by atoms with Gasteiger partial charge in [0.2, 0.25) is 5.91 Å². The summed E-state index contributed by atoms with van der Waals surface area (Å²) in [5, 5.41) is 5.21.